The second kappa shape index (κ2) is 4.96. The number of Topliss-reactive ketones (excluding diaryl/α,β-unsaturated/α-hetero) is 2. The Balaban J connectivity index is 2.15. The molecule has 3 aliphatic rings. The molecule has 0 amide bonds. The van der Waals surface area contributed by atoms with Gasteiger partial charge in [-0.3, -0.25) is 9.59 Å². The van der Waals surface area contributed by atoms with E-state index < -0.39 is 16.2 Å². The first kappa shape index (κ1) is 16.4. The first-order chi connectivity index (χ1) is 11.9. The van der Waals surface area contributed by atoms with Crippen molar-refractivity contribution in [2.75, 3.05) is 14.2 Å². The van der Waals surface area contributed by atoms with Crippen molar-refractivity contribution >= 4 is 11.6 Å². The topological polar surface area (TPSA) is 52.6 Å². The maximum Gasteiger partial charge on any atom is 0.143 e. The Morgan fingerprint density at radius 2 is 1.64 bits per heavy atom. The summed E-state index contributed by atoms with van der Waals surface area (Å²) < 4.78 is 11.3. The van der Waals surface area contributed by atoms with E-state index in [2.05, 4.69) is 6.08 Å². The Morgan fingerprint density at radius 3 is 2.32 bits per heavy atom. The number of hydrogen-bond donors (Lipinski definition) is 0. The van der Waals surface area contributed by atoms with Crippen LogP contribution in [0, 0.1) is 10.8 Å². The average Bonchev–Trinajstić information content (AvgIpc) is 2.88. The monoisotopic (exact) mass is 340 g/mol. The summed E-state index contributed by atoms with van der Waals surface area (Å²) in [5.74, 6) is 1.94. The highest BCUT2D eigenvalue weighted by Crippen LogP contribution is 2.69. The number of carbonyl (C=O) groups excluding carboxylic acids is 2. The minimum Gasteiger partial charge on any atom is -0.496 e. The lowest BCUT2D eigenvalue weighted by Gasteiger charge is -2.57. The third-order valence-electron chi connectivity index (χ3n) is 7.09. The van der Waals surface area contributed by atoms with Gasteiger partial charge in [-0.05, 0) is 25.0 Å². The fourth-order valence-corrected chi connectivity index (χ4v) is 5.76. The number of hydrogen-bond acceptors (Lipinski definition) is 4. The molecule has 0 bridgehead atoms. The molecule has 4 heteroatoms. The average molecular weight is 340 g/mol. The largest absolute Gasteiger partial charge is 0.496 e. The van der Waals surface area contributed by atoms with Crippen molar-refractivity contribution in [3.8, 4) is 11.5 Å². The first-order valence-electron chi connectivity index (χ1n) is 8.84. The minimum absolute atomic E-state index is 0.214. The van der Waals surface area contributed by atoms with Gasteiger partial charge in [0.2, 0.25) is 0 Å². The van der Waals surface area contributed by atoms with Crippen LogP contribution in [0.4, 0.5) is 0 Å². The van der Waals surface area contributed by atoms with Gasteiger partial charge in [0.05, 0.1) is 14.2 Å². The SMILES string of the molecule is COc1ccc(OC)c2c1CC1(C)C(=O)CCC3(C)C(=O)CC=CC231. The number of methoxy groups -OCH3 is 2. The van der Waals surface area contributed by atoms with Gasteiger partial charge in [0.25, 0.3) is 0 Å². The Morgan fingerprint density at radius 1 is 0.960 bits per heavy atom. The van der Waals surface area contributed by atoms with Gasteiger partial charge in [-0.1, -0.05) is 26.0 Å². The van der Waals surface area contributed by atoms with E-state index in [1.54, 1.807) is 14.2 Å². The van der Waals surface area contributed by atoms with Crippen molar-refractivity contribution in [3.05, 3.63) is 35.4 Å². The molecule has 0 N–H and O–H groups in total. The maximum atomic E-state index is 13.1. The third kappa shape index (κ3) is 1.63. The van der Waals surface area contributed by atoms with Crippen LogP contribution in [-0.4, -0.2) is 25.8 Å². The zero-order valence-corrected chi connectivity index (χ0v) is 15.3. The molecule has 3 unspecified atom stereocenters. The van der Waals surface area contributed by atoms with Crippen LogP contribution in [-0.2, 0) is 21.4 Å². The summed E-state index contributed by atoms with van der Waals surface area (Å²) in [5.41, 5.74) is 0.0494. The number of allylic oxidation sites excluding steroid dienone is 2. The minimum atomic E-state index is -0.667. The molecule has 1 spiro atoms. The van der Waals surface area contributed by atoms with E-state index >= 15 is 0 Å². The standard InChI is InChI=1S/C21H24O4/c1-19-11-9-17(23)20(2)12-13-14(24-3)7-8-15(25-4)18(13)21(19,20)10-5-6-16(19)22/h5,7-8,10H,6,9,11-12H2,1-4H3. The smallest absolute Gasteiger partial charge is 0.143 e. The molecule has 0 aliphatic heterocycles. The molecule has 3 aliphatic carbocycles. The number of rotatable bonds is 2. The van der Waals surface area contributed by atoms with Crippen LogP contribution in [0.5, 0.6) is 11.5 Å². The summed E-state index contributed by atoms with van der Waals surface area (Å²) in [4.78, 5) is 26.2. The molecule has 1 aromatic carbocycles. The lowest BCUT2D eigenvalue weighted by Crippen LogP contribution is -2.62. The summed E-state index contributed by atoms with van der Waals surface area (Å²) in [7, 11) is 3.29. The van der Waals surface area contributed by atoms with E-state index in [1.165, 1.54) is 0 Å². The second-order valence-electron chi connectivity index (χ2n) is 7.93. The van der Waals surface area contributed by atoms with Crippen LogP contribution in [0.2, 0.25) is 0 Å². The fraction of sp³-hybridized carbons (Fsp3) is 0.524. The van der Waals surface area contributed by atoms with Crippen LogP contribution < -0.4 is 9.47 Å². The number of ether oxygens (including phenoxy) is 2. The van der Waals surface area contributed by atoms with Crippen molar-refractivity contribution in [2.24, 2.45) is 10.8 Å². The van der Waals surface area contributed by atoms with Gasteiger partial charge < -0.3 is 9.47 Å². The number of benzene rings is 1. The van der Waals surface area contributed by atoms with Gasteiger partial charge in [-0.2, -0.15) is 0 Å². The Labute approximate surface area is 148 Å². The highest BCUT2D eigenvalue weighted by Gasteiger charge is 2.71. The molecule has 0 aromatic heterocycles. The summed E-state index contributed by atoms with van der Waals surface area (Å²) in [6, 6.07) is 3.79. The van der Waals surface area contributed by atoms with Gasteiger partial charge in [0.1, 0.15) is 23.1 Å². The van der Waals surface area contributed by atoms with Crippen molar-refractivity contribution in [1.82, 2.24) is 0 Å². The van der Waals surface area contributed by atoms with E-state index in [4.69, 9.17) is 9.47 Å². The molecular weight excluding hydrogens is 316 g/mol. The summed E-state index contributed by atoms with van der Waals surface area (Å²) >= 11 is 0. The molecule has 1 fully saturated rings. The van der Waals surface area contributed by atoms with Crippen molar-refractivity contribution < 1.29 is 19.1 Å². The van der Waals surface area contributed by atoms with Crippen molar-refractivity contribution in [2.45, 2.75) is 44.9 Å². The molecule has 1 aromatic rings. The summed E-state index contributed by atoms with van der Waals surface area (Å²) in [6.07, 6.45) is 6.12. The maximum absolute atomic E-state index is 13.1. The molecule has 3 atom stereocenters. The Hall–Kier alpha value is -2.10. The quantitative estimate of drug-likeness (QED) is 0.774. The molecule has 1 saturated carbocycles. The highest BCUT2D eigenvalue weighted by atomic mass is 16.5. The molecule has 0 saturated heterocycles. The normalized spacial score (nSPS) is 35.8. The highest BCUT2D eigenvalue weighted by molar-refractivity contribution is 5.99. The van der Waals surface area contributed by atoms with Gasteiger partial charge >= 0.3 is 0 Å². The third-order valence-corrected chi connectivity index (χ3v) is 7.09. The zero-order valence-electron chi connectivity index (χ0n) is 15.3. The van der Waals surface area contributed by atoms with Crippen LogP contribution in [0.25, 0.3) is 0 Å². The van der Waals surface area contributed by atoms with E-state index in [9.17, 15) is 9.59 Å². The Kier molecular flexibility index (Phi) is 3.25. The molecule has 132 valence electrons. The second-order valence-corrected chi connectivity index (χ2v) is 7.93. The zero-order chi connectivity index (χ0) is 18.0. The summed E-state index contributed by atoms with van der Waals surface area (Å²) in [6.45, 7) is 4.06. The molecule has 25 heavy (non-hydrogen) atoms. The van der Waals surface area contributed by atoms with Crippen LogP contribution >= 0.6 is 0 Å². The molecule has 0 heterocycles. The van der Waals surface area contributed by atoms with E-state index in [0.717, 1.165) is 22.6 Å². The van der Waals surface area contributed by atoms with Gasteiger partial charge in [-0.15, -0.1) is 0 Å². The predicted octanol–water partition coefficient (Wildman–Crippen LogP) is 3.40. The molecular formula is C21H24O4. The van der Waals surface area contributed by atoms with E-state index in [1.807, 2.05) is 32.1 Å². The van der Waals surface area contributed by atoms with Gasteiger partial charge in [0, 0.05) is 40.2 Å². The lowest BCUT2D eigenvalue weighted by molar-refractivity contribution is -0.149. The number of ketones is 2. The van der Waals surface area contributed by atoms with Gasteiger partial charge in [0.15, 0.2) is 0 Å². The van der Waals surface area contributed by atoms with Crippen molar-refractivity contribution in [1.29, 1.82) is 0 Å². The molecule has 0 radical (unpaired) electrons. The Bertz CT molecular complexity index is 823. The lowest BCUT2D eigenvalue weighted by atomic mass is 9.43. The van der Waals surface area contributed by atoms with Crippen molar-refractivity contribution in [3.63, 3.8) is 0 Å². The number of carbonyl (C=O) groups is 2. The molecule has 4 rings (SSSR count). The van der Waals surface area contributed by atoms with Crippen LogP contribution in [0.1, 0.15) is 44.2 Å². The first-order valence-corrected chi connectivity index (χ1v) is 8.84. The molecule has 4 nitrogen and oxygen atoms in total. The number of fused-ring (bicyclic) bond motifs is 1. The summed E-state index contributed by atoms with van der Waals surface area (Å²) in [5, 5.41) is 0. The van der Waals surface area contributed by atoms with Crippen LogP contribution in [0.3, 0.4) is 0 Å². The fourth-order valence-electron chi connectivity index (χ4n) is 5.76. The van der Waals surface area contributed by atoms with Gasteiger partial charge in [-0.25, -0.2) is 0 Å². The predicted molar refractivity (Wildman–Crippen MR) is 94.1 cm³/mol. The van der Waals surface area contributed by atoms with E-state index in [-0.39, 0.29) is 11.6 Å². The van der Waals surface area contributed by atoms with Crippen LogP contribution in [0.15, 0.2) is 24.3 Å². The van der Waals surface area contributed by atoms with E-state index in [0.29, 0.717) is 25.7 Å².